The highest BCUT2D eigenvalue weighted by molar-refractivity contribution is 5.87. The van der Waals surface area contributed by atoms with Crippen LogP contribution in [-0.4, -0.2) is 11.6 Å². The first-order chi connectivity index (χ1) is 11.1. The van der Waals surface area contributed by atoms with Crippen molar-refractivity contribution in [1.29, 1.82) is 0 Å². The maximum atomic E-state index is 12.5. The van der Waals surface area contributed by atoms with E-state index in [9.17, 15) is 9.59 Å². The second-order valence-corrected chi connectivity index (χ2v) is 9.70. The monoisotopic (exact) mass is 316 g/mol. The average molecular weight is 316 g/mol. The summed E-state index contributed by atoms with van der Waals surface area (Å²) in [6, 6.07) is 0. The highest BCUT2D eigenvalue weighted by Crippen LogP contribution is 2.70. The first-order valence-corrected chi connectivity index (χ1v) is 10.1. The Morgan fingerprint density at radius 1 is 0.870 bits per heavy atom. The van der Waals surface area contributed by atoms with Crippen LogP contribution in [0.2, 0.25) is 0 Å². The van der Waals surface area contributed by atoms with Crippen molar-refractivity contribution in [2.45, 2.75) is 77.6 Å². The number of rotatable bonds is 1. The lowest BCUT2D eigenvalue weighted by Crippen LogP contribution is -2.55. The molecule has 23 heavy (non-hydrogen) atoms. The molecular weight excluding hydrogens is 284 g/mol. The molecule has 5 aliphatic carbocycles. The molecule has 0 amide bonds. The fraction of sp³-hybridized carbons (Fsp3) is 0.905. The van der Waals surface area contributed by atoms with E-state index in [1.54, 1.807) is 0 Å². The fourth-order valence-corrected chi connectivity index (χ4v) is 7.97. The third-order valence-corrected chi connectivity index (χ3v) is 9.09. The Labute approximate surface area is 141 Å². The zero-order valence-corrected chi connectivity index (χ0v) is 14.5. The summed E-state index contributed by atoms with van der Waals surface area (Å²) in [6.45, 7) is 2.28. The topological polar surface area (TPSA) is 34.1 Å². The zero-order valence-electron chi connectivity index (χ0n) is 14.5. The lowest BCUT2D eigenvalue weighted by molar-refractivity contribution is -0.151. The third kappa shape index (κ3) is 1.81. The van der Waals surface area contributed by atoms with Gasteiger partial charge in [-0.25, -0.2) is 0 Å². The molecule has 0 aromatic heterocycles. The summed E-state index contributed by atoms with van der Waals surface area (Å²) in [5, 5.41) is 0. The van der Waals surface area contributed by atoms with E-state index in [1.165, 1.54) is 38.5 Å². The lowest BCUT2D eigenvalue weighted by Gasteiger charge is -2.61. The van der Waals surface area contributed by atoms with Gasteiger partial charge in [-0.1, -0.05) is 6.92 Å². The van der Waals surface area contributed by atoms with Gasteiger partial charge in [-0.3, -0.25) is 9.59 Å². The van der Waals surface area contributed by atoms with Crippen molar-refractivity contribution < 1.29 is 11.0 Å². The highest BCUT2D eigenvalue weighted by Gasteiger charge is 2.64. The van der Waals surface area contributed by atoms with Crippen LogP contribution >= 0.6 is 0 Å². The van der Waals surface area contributed by atoms with Crippen LogP contribution in [0.15, 0.2) is 0 Å². The van der Waals surface area contributed by atoms with Crippen LogP contribution < -0.4 is 0 Å². The SMILES string of the molecule is C[C@]12CCC3[C@@H](CC[C@@H]4CC(=O)CC[C@]34C3CC3)[C@@H]1CCC2=O.[HH]. The highest BCUT2D eigenvalue weighted by atomic mass is 16.1. The summed E-state index contributed by atoms with van der Waals surface area (Å²) in [5.41, 5.74) is 0.493. The fourth-order valence-electron chi connectivity index (χ4n) is 7.97. The van der Waals surface area contributed by atoms with Gasteiger partial charge in [0.25, 0.3) is 0 Å². The predicted molar refractivity (Wildman–Crippen MR) is 90.9 cm³/mol. The molecule has 5 saturated carbocycles. The van der Waals surface area contributed by atoms with Gasteiger partial charge in [0.2, 0.25) is 0 Å². The van der Waals surface area contributed by atoms with Crippen molar-refractivity contribution in [1.82, 2.24) is 0 Å². The van der Waals surface area contributed by atoms with Gasteiger partial charge in [0.05, 0.1) is 0 Å². The largest absolute Gasteiger partial charge is 0.300 e. The second-order valence-electron chi connectivity index (χ2n) is 9.70. The Kier molecular flexibility index (Phi) is 3.00. The Bertz CT molecular complexity index is 568. The van der Waals surface area contributed by atoms with Crippen LogP contribution in [0.4, 0.5) is 0 Å². The first kappa shape index (κ1) is 14.7. The van der Waals surface area contributed by atoms with Crippen LogP contribution in [0.25, 0.3) is 0 Å². The molecule has 5 fully saturated rings. The van der Waals surface area contributed by atoms with Crippen molar-refractivity contribution in [3.05, 3.63) is 0 Å². The third-order valence-electron chi connectivity index (χ3n) is 9.09. The van der Waals surface area contributed by atoms with Crippen LogP contribution in [0.1, 0.15) is 79.0 Å². The summed E-state index contributed by atoms with van der Waals surface area (Å²) < 4.78 is 0. The van der Waals surface area contributed by atoms with E-state index < -0.39 is 0 Å². The van der Waals surface area contributed by atoms with Gasteiger partial charge < -0.3 is 0 Å². The summed E-state index contributed by atoms with van der Waals surface area (Å²) in [6.07, 6.45) is 12.7. The molecule has 0 bridgehead atoms. The van der Waals surface area contributed by atoms with Crippen molar-refractivity contribution in [2.75, 3.05) is 0 Å². The smallest absolute Gasteiger partial charge is 0.139 e. The zero-order chi connectivity index (χ0) is 15.8. The molecule has 0 aliphatic heterocycles. The van der Waals surface area contributed by atoms with Gasteiger partial charge in [-0.05, 0) is 86.4 Å². The average Bonchev–Trinajstić information content (AvgIpc) is 3.34. The van der Waals surface area contributed by atoms with E-state index in [1.807, 2.05) is 0 Å². The van der Waals surface area contributed by atoms with Crippen molar-refractivity contribution in [3.8, 4) is 0 Å². The molecule has 6 atom stereocenters. The molecule has 0 radical (unpaired) electrons. The Hall–Kier alpha value is -0.660. The molecule has 5 rings (SSSR count). The van der Waals surface area contributed by atoms with E-state index in [4.69, 9.17) is 0 Å². The number of Topliss-reactive ketones (excluding diaryl/α,β-unsaturated/α-hetero) is 2. The molecule has 2 nitrogen and oxygen atoms in total. The Balaban J connectivity index is 0.00000146. The second kappa shape index (κ2) is 4.70. The quantitative estimate of drug-likeness (QED) is 0.696. The van der Waals surface area contributed by atoms with E-state index in [0.717, 1.165) is 49.9 Å². The minimum atomic E-state index is 0. The number of hydrogen-bond donors (Lipinski definition) is 0. The molecule has 0 saturated heterocycles. The van der Waals surface area contributed by atoms with Crippen LogP contribution in [0.5, 0.6) is 0 Å². The Morgan fingerprint density at radius 2 is 1.65 bits per heavy atom. The van der Waals surface area contributed by atoms with Crippen LogP contribution in [0.3, 0.4) is 0 Å². The molecule has 0 spiro atoms. The number of carbonyl (C=O) groups is 2. The normalized spacial score (nSPS) is 52.7. The minimum Gasteiger partial charge on any atom is -0.300 e. The van der Waals surface area contributed by atoms with Crippen molar-refractivity contribution in [3.63, 3.8) is 0 Å². The first-order valence-electron chi connectivity index (χ1n) is 10.1. The van der Waals surface area contributed by atoms with Gasteiger partial charge in [-0.2, -0.15) is 0 Å². The molecule has 0 N–H and O–H groups in total. The molecule has 1 unspecified atom stereocenters. The van der Waals surface area contributed by atoms with Crippen molar-refractivity contribution >= 4 is 11.6 Å². The molecule has 5 aliphatic rings. The standard InChI is InChI=1S/C21H30O2.H2/c1-20-10-9-18-16(17(20)6-7-19(20)23)5-4-14-12-15(22)8-11-21(14,18)13-2-3-13;/h13-14,16-18H,2-12H2,1H3;1H/t14-,16+,17+,18?,20+,21-;/m1./s1. The van der Waals surface area contributed by atoms with Crippen LogP contribution in [-0.2, 0) is 9.59 Å². The molecule has 128 valence electrons. The number of ketones is 2. The van der Waals surface area contributed by atoms with E-state index in [2.05, 4.69) is 6.92 Å². The predicted octanol–water partition coefficient (Wildman–Crippen LogP) is 4.80. The van der Waals surface area contributed by atoms with Crippen molar-refractivity contribution in [2.24, 2.45) is 40.4 Å². The number of hydrogen-bond acceptors (Lipinski definition) is 2. The van der Waals surface area contributed by atoms with E-state index in [-0.39, 0.29) is 6.84 Å². The molecular formula is C21H32O2. The summed E-state index contributed by atoms with van der Waals surface area (Å²) in [5.74, 6) is 4.94. The summed E-state index contributed by atoms with van der Waals surface area (Å²) >= 11 is 0. The lowest BCUT2D eigenvalue weighted by atomic mass is 9.43. The Morgan fingerprint density at radius 3 is 2.43 bits per heavy atom. The van der Waals surface area contributed by atoms with Gasteiger partial charge >= 0.3 is 0 Å². The van der Waals surface area contributed by atoms with Gasteiger partial charge in [0.1, 0.15) is 11.6 Å². The van der Waals surface area contributed by atoms with Crippen LogP contribution in [0, 0.1) is 40.4 Å². The van der Waals surface area contributed by atoms with Gasteiger partial charge in [0, 0.05) is 26.1 Å². The van der Waals surface area contributed by atoms with E-state index >= 15 is 0 Å². The minimum absolute atomic E-state index is 0. The van der Waals surface area contributed by atoms with Gasteiger partial charge in [0.15, 0.2) is 0 Å². The molecule has 0 aromatic carbocycles. The number of carbonyl (C=O) groups excluding carboxylic acids is 2. The molecule has 0 aromatic rings. The maximum Gasteiger partial charge on any atom is 0.139 e. The van der Waals surface area contributed by atoms with Gasteiger partial charge in [-0.15, -0.1) is 0 Å². The summed E-state index contributed by atoms with van der Waals surface area (Å²) in [4.78, 5) is 24.6. The molecule has 0 heterocycles. The van der Waals surface area contributed by atoms with E-state index in [0.29, 0.717) is 28.8 Å². The summed E-state index contributed by atoms with van der Waals surface area (Å²) in [7, 11) is 0. The molecule has 2 heteroatoms. The number of fused-ring (bicyclic) bond motifs is 5. The maximum absolute atomic E-state index is 12.5.